The highest BCUT2D eigenvalue weighted by Crippen LogP contribution is 2.52. The van der Waals surface area contributed by atoms with Crippen LogP contribution in [0.3, 0.4) is 0 Å². The number of non-ortho nitro benzene ring substituents is 1. The molecule has 1 heterocycles. The molecule has 4 rings (SSSR count). The number of aliphatic carboxylic acids is 1. The molecule has 10 nitrogen and oxygen atoms in total. The second-order valence-electron chi connectivity index (χ2n) is 7.31. The van der Waals surface area contributed by atoms with Gasteiger partial charge in [0.2, 0.25) is 0 Å². The Morgan fingerprint density at radius 2 is 1.93 bits per heavy atom. The van der Waals surface area contributed by atoms with E-state index in [-0.39, 0.29) is 40.7 Å². The van der Waals surface area contributed by atoms with Gasteiger partial charge >= 0.3 is 5.97 Å². The molecule has 0 unspecified atom stereocenters. The summed E-state index contributed by atoms with van der Waals surface area (Å²) >= 11 is 0. The molecule has 29 heavy (non-hydrogen) atoms. The van der Waals surface area contributed by atoms with Gasteiger partial charge in [-0.05, 0) is 31.2 Å². The maximum Gasteiger partial charge on any atom is 0.344 e. The molecular formula is C19H17N3O7. The van der Waals surface area contributed by atoms with Crippen LogP contribution in [0.1, 0.15) is 18.9 Å². The van der Waals surface area contributed by atoms with Crippen LogP contribution >= 0.6 is 0 Å². The summed E-state index contributed by atoms with van der Waals surface area (Å²) in [6, 6.07) is 3.57. The number of rotatable bonds is 6. The number of hydrogen-bond acceptors (Lipinski definition) is 7. The van der Waals surface area contributed by atoms with Crippen molar-refractivity contribution in [2.24, 2.45) is 28.8 Å². The van der Waals surface area contributed by atoms with Crippen molar-refractivity contribution in [2.75, 3.05) is 0 Å². The molecule has 0 aromatic heterocycles. The molecule has 1 aliphatic heterocycles. The summed E-state index contributed by atoms with van der Waals surface area (Å²) in [4.78, 5) is 46.9. The predicted octanol–water partition coefficient (Wildman–Crippen LogP) is 1.59. The second-order valence-corrected chi connectivity index (χ2v) is 7.31. The molecule has 1 aromatic rings. The zero-order chi connectivity index (χ0) is 20.9. The summed E-state index contributed by atoms with van der Waals surface area (Å²) in [5.74, 6) is -2.71. The van der Waals surface area contributed by atoms with Crippen LogP contribution < -0.4 is 4.74 Å². The lowest BCUT2D eigenvalue weighted by Gasteiger charge is -2.14. The molecule has 2 aliphatic carbocycles. The fourth-order valence-electron chi connectivity index (χ4n) is 4.22. The summed E-state index contributed by atoms with van der Waals surface area (Å²) in [5, 5.41) is 24.9. The summed E-state index contributed by atoms with van der Waals surface area (Å²) in [6.45, 7) is 1.31. The molecule has 0 radical (unpaired) electrons. The summed E-state index contributed by atoms with van der Waals surface area (Å²) < 4.78 is 5.32. The van der Waals surface area contributed by atoms with E-state index in [1.807, 2.05) is 12.2 Å². The van der Waals surface area contributed by atoms with Crippen molar-refractivity contribution in [1.82, 2.24) is 5.01 Å². The number of carbonyl (C=O) groups is 3. The number of hydrogen-bond donors (Lipinski definition) is 1. The fourth-order valence-corrected chi connectivity index (χ4v) is 4.22. The number of allylic oxidation sites excluding steroid dienone is 2. The van der Waals surface area contributed by atoms with E-state index in [0.29, 0.717) is 0 Å². The number of nitro benzene ring substituents is 1. The van der Waals surface area contributed by atoms with Crippen LogP contribution in [0.2, 0.25) is 0 Å². The molecule has 5 atom stereocenters. The summed E-state index contributed by atoms with van der Waals surface area (Å²) in [6.07, 6.45) is 4.62. The van der Waals surface area contributed by atoms with Gasteiger partial charge in [-0.2, -0.15) is 10.1 Å². The fraction of sp³-hybridized carbons (Fsp3) is 0.368. The van der Waals surface area contributed by atoms with Crippen LogP contribution in [0.4, 0.5) is 5.69 Å². The zero-order valence-electron chi connectivity index (χ0n) is 15.3. The van der Waals surface area contributed by atoms with E-state index in [0.717, 1.165) is 23.7 Å². The molecular weight excluding hydrogens is 382 g/mol. The Morgan fingerprint density at radius 3 is 2.48 bits per heavy atom. The molecule has 2 fully saturated rings. The van der Waals surface area contributed by atoms with Gasteiger partial charge in [-0.1, -0.05) is 12.2 Å². The van der Waals surface area contributed by atoms with Crippen LogP contribution in [0, 0.1) is 33.8 Å². The van der Waals surface area contributed by atoms with Crippen molar-refractivity contribution in [3.63, 3.8) is 0 Å². The SMILES string of the molecule is C[C@H](Oc1ccc([N+](=O)[O-])cc1C=NN1C(=O)[C@@H]2[C@H](C1=O)[C@H]1C=C[C@H]2C1)C(=O)O. The first kappa shape index (κ1) is 18.8. The third kappa shape index (κ3) is 3.06. The monoisotopic (exact) mass is 399 g/mol. The first-order chi connectivity index (χ1) is 13.8. The van der Waals surface area contributed by atoms with E-state index in [2.05, 4.69) is 5.10 Å². The van der Waals surface area contributed by atoms with Crippen molar-refractivity contribution in [1.29, 1.82) is 0 Å². The number of ether oxygens (including phenoxy) is 1. The van der Waals surface area contributed by atoms with Gasteiger partial charge in [0, 0.05) is 17.7 Å². The van der Waals surface area contributed by atoms with E-state index in [1.165, 1.54) is 19.1 Å². The van der Waals surface area contributed by atoms with Gasteiger partial charge in [0.05, 0.1) is 23.0 Å². The third-order valence-electron chi connectivity index (χ3n) is 5.62. The number of carboxylic acids is 1. The standard InChI is InChI=1S/C19H17N3O7/c1-9(19(25)26)29-14-5-4-13(22(27)28)7-12(14)8-20-21-17(23)15-10-2-3-11(6-10)16(15)18(21)24/h2-5,7-11,15-16H,6H2,1H3,(H,25,26)/t9-,10-,11-,15-,16+/m0/s1. The van der Waals surface area contributed by atoms with E-state index >= 15 is 0 Å². The number of imide groups is 1. The highest BCUT2D eigenvalue weighted by molar-refractivity contribution is 6.07. The normalized spacial score (nSPS) is 28.2. The minimum Gasteiger partial charge on any atom is -0.479 e. The number of fused-ring (bicyclic) bond motifs is 5. The molecule has 1 saturated heterocycles. The molecule has 3 aliphatic rings. The number of hydrazone groups is 1. The van der Waals surface area contributed by atoms with Gasteiger partial charge in [0.1, 0.15) is 5.75 Å². The van der Waals surface area contributed by atoms with Crippen molar-refractivity contribution in [3.8, 4) is 5.75 Å². The van der Waals surface area contributed by atoms with E-state index in [9.17, 15) is 24.5 Å². The number of nitrogens with zero attached hydrogens (tertiary/aromatic N) is 3. The van der Waals surface area contributed by atoms with Gasteiger partial charge < -0.3 is 9.84 Å². The van der Waals surface area contributed by atoms with Crippen molar-refractivity contribution in [2.45, 2.75) is 19.4 Å². The maximum absolute atomic E-state index is 12.7. The summed E-state index contributed by atoms with van der Waals surface area (Å²) in [7, 11) is 0. The van der Waals surface area contributed by atoms with Crippen molar-refractivity contribution >= 4 is 29.7 Å². The Morgan fingerprint density at radius 1 is 1.31 bits per heavy atom. The lowest BCUT2D eigenvalue weighted by molar-refractivity contribution is -0.384. The Labute approximate surface area is 164 Å². The average Bonchev–Trinajstić information content (AvgIpc) is 3.35. The minimum absolute atomic E-state index is 0.0368. The Balaban J connectivity index is 1.62. The number of carbonyl (C=O) groups excluding carboxylic acids is 2. The number of carboxylic acid groups (broad SMARTS) is 1. The Hall–Kier alpha value is -3.56. The summed E-state index contributed by atoms with van der Waals surface area (Å²) in [5.41, 5.74) is -0.175. The van der Waals surface area contributed by atoms with Crippen LogP contribution in [-0.2, 0) is 14.4 Å². The van der Waals surface area contributed by atoms with Crippen molar-refractivity contribution < 1.29 is 29.2 Å². The van der Waals surface area contributed by atoms with Gasteiger partial charge in [0.25, 0.3) is 17.5 Å². The average molecular weight is 399 g/mol. The highest BCUT2D eigenvalue weighted by atomic mass is 16.6. The van der Waals surface area contributed by atoms with Crippen LogP contribution in [0.25, 0.3) is 0 Å². The highest BCUT2D eigenvalue weighted by Gasteiger charge is 2.59. The second kappa shape index (κ2) is 6.80. The lowest BCUT2D eigenvalue weighted by atomic mass is 9.85. The quantitative estimate of drug-likeness (QED) is 0.252. The minimum atomic E-state index is -1.22. The topological polar surface area (TPSA) is 139 Å². The van der Waals surface area contributed by atoms with Gasteiger partial charge in [0.15, 0.2) is 6.10 Å². The smallest absolute Gasteiger partial charge is 0.344 e. The molecule has 10 heteroatoms. The zero-order valence-corrected chi connectivity index (χ0v) is 15.3. The van der Waals surface area contributed by atoms with Gasteiger partial charge in [-0.15, -0.1) is 0 Å². The van der Waals surface area contributed by atoms with Crippen molar-refractivity contribution in [3.05, 3.63) is 46.0 Å². The largest absolute Gasteiger partial charge is 0.479 e. The number of amides is 2. The Kier molecular flexibility index (Phi) is 4.40. The maximum atomic E-state index is 12.7. The van der Waals surface area contributed by atoms with Crippen LogP contribution in [0.15, 0.2) is 35.5 Å². The van der Waals surface area contributed by atoms with Crippen LogP contribution in [0.5, 0.6) is 5.75 Å². The number of nitro groups is 1. The predicted molar refractivity (Wildman–Crippen MR) is 98.0 cm³/mol. The first-order valence-electron chi connectivity index (χ1n) is 9.06. The molecule has 2 bridgehead atoms. The molecule has 150 valence electrons. The van der Waals surface area contributed by atoms with Gasteiger partial charge in [-0.25, -0.2) is 4.79 Å². The Bertz CT molecular complexity index is 956. The molecule has 1 N–H and O–H groups in total. The number of benzene rings is 1. The molecule has 2 amide bonds. The van der Waals surface area contributed by atoms with E-state index in [4.69, 9.17) is 9.84 Å². The van der Waals surface area contributed by atoms with E-state index in [1.54, 1.807) is 0 Å². The first-order valence-corrected chi connectivity index (χ1v) is 9.06. The van der Waals surface area contributed by atoms with Crippen LogP contribution in [-0.4, -0.2) is 45.1 Å². The van der Waals surface area contributed by atoms with E-state index < -0.39 is 28.8 Å². The lowest BCUT2D eigenvalue weighted by Crippen LogP contribution is -2.28. The molecule has 1 saturated carbocycles. The molecule has 1 aromatic carbocycles. The third-order valence-corrected chi connectivity index (χ3v) is 5.62. The van der Waals surface area contributed by atoms with Gasteiger partial charge in [-0.3, -0.25) is 19.7 Å². The molecule has 0 spiro atoms.